The Hall–Kier alpha value is -4.42. The molecule has 0 aliphatic heterocycles. The zero-order valence-electron chi connectivity index (χ0n) is 18.2. The van der Waals surface area contributed by atoms with E-state index < -0.39 is 0 Å². The quantitative estimate of drug-likeness (QED) is 0.204. The molecule has 0 atom stereocenters. The lowest BCUT2D eigenvalue weighted by molar-refractivity contribution is 0.420. The lowest BCUT2D eigenvalue weighted by atomic mass is 10.2. The standard InChI is InChI=1S/C25H19N7OS/c1-16-6-2-5-9-21(16)32-24(17-10-12-27-13-11-17)30-31-25(32)34-15-22(33)18(14-26)23-28-19-7-3-4-8-20(19)29-23/h2-13,33H,15H2,1H3,(H,28,29)/b22-18-. The summed E-state index contributed by atoms with van der Waals surface area (Å²) in [6.07, 6.45) is 3.42. The van der Waals surface area contributed by atoms with E-state index >= 15 is 0 Å². The third-order valence-corrected chi connectivity index (χ3v) is 6.23. The van der Waals surface area contributed by atoms with Crippen LogP contribution in [0.4, 0.5) is 0 Å². The van der Waals surface area contributed by atoms with Gasteiger partial charge < -0.3 is 10.1 Å². The molecule has 0 fully saturated rings. The maximum atomic E-state index is 10.8. The molecule has 9 heteroatoms. The highest BCUT2D eigenvalue weighted by Crippen LogP contribution is 2.31. The number of nitriles is 1. The number of pyridine rings is 1. The number of aliphatic hydroxyl groups is 1. The molecule has 5 rings (SSSR count). The zero-order chi connectivity index (χ0) is 23.5. The SMILES string of the molecule is Cc1ccccc1-n1c(SC/C(O)=C(\C#N)c2nc3ccccc3[nH]2)nnc1-c1ccncc1. The van der Waals surface area contributed by atoms with Crippen LogP contribution in [0.15, 0.2) is 84.0 Å². The van der Waals surface area contributed by atoms with E-state index in [1.165, 1.54) is 11.8 Å². The number of H-pyrrole nitrogens is 1. The van der Waals surface area contributed by atoms with Gasteiger partial charge in [0.2, 0.25) is 0 Å². The second-order valence-electron chi connectivity index (χ2n) is 7.49. The van der Waals surface area contributed by atoms with Crippen LogP contribution in [0.1, 0.15) is 11.4 Å². The van der Waals surface area contributed by atoms with E-state index in [4.69, 9.17) is 0 Å². The van der Waals surface area contributed by atoms with Crippen molar-refractivity contribution >= 4 is 28.4 Å². The molecular weight excluding hydrogens is 446 g/mol. The van der Waals surface area contributed by atoms with Crippen LogP contribution in [0.25, 0.3) is 33.7 Å². The molecular formula is C25H19N7OS. The van der Waals surface area contributed by atoms with Crippen molar-refractivity contribution in [3.8, 4) is 23.1 Å². The summed E-state index contributed by atoms with van der Waals surface area (Å²) in [7, 11) is 0. The molecule has 0 unspecified atom stereocenters. The van der Waals surface area contributed by atoms with Gasteiger partial charge >= 0.3 is 0 Å². The molecule has 166 valence electrons. The molecule has 0 saturated carbocycles. The number of hydrogen-bond acceptors (Lipinski definition) is 7. The van der Waals surface area contributed by atoms with Crippen molar-refractivity contribution in [3.63, 3.8) is 0 Å². The Kier molecular flexibility index (Phi) is 5.81. The molecule has 0 aliphatic rings. The number of aliphatic hydroxyl groups excluding tert-OH is 1. The van der Waals surface area contributed by atoms with Crippen molar-refractivity contribution in [2.24, 2.45) is 0 Å². The van der Waals surface area contributed by atoms with E-state index in [-0.39, 0.29) is 17.1 Å². The van der Waals surface area contributed by atoms with Crippen LogP contribution >= 0.6 is 11.8 Å². The van der Waals surface area contributed by atoms with Crippen LogP contribution < -0.4 is 0 Å². The predicted molar refractivity (Wildman–Crippen MR) is 131 cm³/mol. The first-order valence-corrected chi connectivity index (χ1v) is 11.5. The molecule has 2 N–H and O–H groups in total. The van der Waals surface area contributed by atoms with Gasteiger partial charge in [-0.05, 0) is 42.8 Å². The number of benzene rings is 2. The second-order valence-corrected chi connectivity index (χ2v) is 8.43. The molecule has 5 aromatic rings. The molecule has 8 nitrogen and oxygen atoms in total. The van der Waals surface area contributed by atoms with Gasteiger partial charge in [-0.25, -0.2) is 4.98 Å². The molecule has 0 amide bonds. The van der Waals surface area contributed by atoms with Gasteiger partial charge in [-0.2, -0.15) is 5.26 Å². The number of allylic oxidation sites excluding steroid dienone is 1. The number of hydrogen-bond donors (Lipinski definition) is 2. The number of rotatable bonds is 6. The number of para-hydroxylation sites is 3. The Morgan fingerprint density at radius 1 is 1.06 bits per heavy atom. The highest BCUT2D eigenvalue weighted by atomic mass is 32.2. The lowest BCUT2D eigenvalue weighted by Crippen LogP contribution is -2.03. The summed E-state index contributed by atoms with van der Waals surface area (Å²) in [6, 6.07) is 21.3. The van der Waals surface area contributed by atoms with Gasteiger partial charge in [-0.1, -0.05) is 42.1 Å². The highest BCUT2D eigenvalue weighted by molar-refractivity contribution is 7.99. The third kappa shape index (κ3) is 4.02. The van der Waals surface area contributed by atoms with Crippen LogP contribution in [-0.4, -0.2) is 40.6 Å². The van der Waals surface area contributed by atoms with E-state index in [1.807, 2.05) is 72.2 Å². The van der Waals surface area contributed by atoms with Crippen molar-refractivity contribution in [1.82, 2.24) is 29.7 Å². The average molecular weight is 466 g/mol. The summed E-state index contributed by atoms with van der Waals surface area (Å²) in [4.78, 5) is 11.6. The van der Waals surface area contributed by atoms with E-state index in [9.17, 15) is 10.4 Å². The molecule has 0 bridgehead atoms. The van der Waals surface area contributed by atoms with Crippen LogP contribution in [0.3, 0.4) is 0 Å². The number of nitrogens with zero attached hydrogens (tertiary/aromatic N) is 6. The molecule has 0 radical (unpaired) electrons. The second kappa shape index (κ2) is 9.21. The van der Waals surface area contributed by atoms with E-state index in [0.29, 0.717) is 16.8 Å². The number of aromatic nitrogens is 6. The van der Waals surface area contributed by atoms with Crippen LogP contribution in [0.2, 0.25) is 0 Å². The molecule has 0 saturated heterocycles. The van der Waals surface area contributed by atoms with Crippen molar-refractivity contribution in [2.45, 2.75) is 12.1 Å². The summed E-state index contributed by atoms with van der Waals surface area (Å²) in [6.45, 7) is 2.02. The normalized spacial score (nSPS) is 11.9. The minimum absolute atomic E-state index is 0.0867. The number of fused-ring (bicyclic) bond motifs is 1. The van der Waals surface area contributed by atoms with Crippen LogP contribution in [0, 0.1) is 18.3 Å². The number of imidazole rings is 1. The third-order valence-electron chi connectivity index (χ3n) is 5.29. The number of aromatic amines is 1. The Bertz CT molecular complexity index is 1510. The van der Waals surface area contributed by atoms with E-state index in [1.54, 1.807) is 12.4 Å². The largest absolute Gasteiger partial charge is 0.510 e. The van der Waals surface area contributed by atoms with Crippen LogP contribution in [0.5, 0.6) is 0 Å². The zero-order valence-corrected chi connectivity index (χ0v) is 19.0. The van der Waals surface area contributed by atoms with Gasteiger partial charge in [-0.15, -0.1) is 10.2 Å². The first kappa shape index (κ1) is 21.4. The summed E-state index contributed by atoms with van der Waals surface area (Å²) in [5.41, 5.74) is 4.48. The number of nitrogens with one attached hydrogen (secondary N) is 1. The van der Waals surface area contributed by atoms with Crippen molar-refractivity contribution in [2.75, 3.05) is 5.75 Å². The van der Waals surface area contributed by atoms with Gasteiger partial charge in [0.1, 0.15) is 17.4 Å². The summed E-state index contributed by atoms with van der Waals surface area (Å²) >= 11 is 1.29. The Labute approximate surface area is 199 Å². The highest BCUT2D eigenvalue weighted by Gasteiger charge is 2.19. The fourth-order valence-electron chi connectivity index (χ4n) is 3.61. The van der Waals surface area contributed by atoms with Crippen LogP contribution in [-0.2, 0) is 0 Å². The first-order valence-electron chi connectivity index (χ1n) is 10.5. The minimum atomic E-state index is -0.0867. The minimum Gasteiger partial charge on any atom is -0.510 e. The Morgan fingerprint density at radius 2 is 1.82 bits per heavy atom. The van der Waals surface area contributed by atoms with Crippen molar-refractivity contribution < 1.29 is 5.11 Å². The molecule has 0 aliphatic carbocycles. The molecule has 34 heavy (non-hydrogen) atoms. The fourth-order valence-corrected chi connectivity index (χ4v) is 4.44. The summed E-state index contributed by atoms with van der Waals surface area (Å²) in [5.74, 6) is 1.04. The Morgan fingerprint density at radius 3 is 2.59 bits per heavy atom. The van der Waals surface area contributed by atoms with Gasteiger partial charge in [-0.3, -0.25) is 9.55 Å². The maximum absolute atomic E-state index is 10.8. The monoisotopic (exact) mass is 465 g/mol. The molecule has 3 aromatic heterocycles. The van der Waals surface area contributed by atoms with Gasteiger partial charge in [0, 0.05) is 18.0 Å². The predicted octanol–water partition coefficient (Wildman–Crippen LogP) is 5.10. The topological polar surface area (TPSA) is 116 Å². The summed E-state index contributed by atoms with van der Waals surface area (Å²) in [5, 5.41) is 29.9. The molecule has 2 aromatic carbocycles. The smallest absolute Gasteiger partial charge is 0.196 e. The number of thioether (sulfide) groups is 1. The van der Waals surface area contributed by atoms with Crippen molar-refractivity contribution in [3.05, 3.63) is 90.2 Å². The van der Waals surface area contributed by atoms with E-state index in [2.05, 4.69) is 31.2 Å². The number of aryl methyl sites for hydroxylation is 1. The fraction of sp³-hybridized carbons (Fsp3) is 0.0800. The average Bonchev–Trinajstić information content (AvgIpc) is 3.48. The van der Waals surface area contributed by atoms with E-state index in [0.717, 1.165) is 27.8 Å². The Balaban J connectivity index is 1.51. The van der Waals surface area contributed by atoms with Gasteiger partial charge in [0.25, 0.3) is 0 Å². The van der Waals surface area contributed by atoms with Gasteiger partial charge in [0.15, 0.2) is 16.8 Å². The lowest BCUT2D eigenvalue weighted by Gasteiger charge is -2.12. The summed E-state index contributed by atoms with van der Waals surface area (Å²) < 4.78 is 1.95. The van der Waals surface area contributed by atoms with Gasteiger partial charge in [0.05, 0.1) is 22.5 Å². The first-order chi connectivity index (χ1) is 16.7. The molecule has 0 spiro atoms. The van der Waals surface area contributed by atoms with Crippen molar-refractivity contribution in [1.29, 1.82) is 5.26 Å². The maximum Gasteiger partial charge on any atom is 0.196 e. The molecule has 3 heterocycles.